The molecule has 0 aliphatic carbocycles. The van der Waals surface area contributed by atoms with Crippen molar-refractivity contribution in [3.8, 4) is 0 Å². The first kappa shape index (κ1) is 24.1. The molecule has 40 heavy (non-hydrogen) atoms. The van der Waals surface area contributed by atoms with Crippen molar-refractivity contribution in [3.63, 3.8) is 0 Å². The lowest BCUT2D eigenvalue weighted by molar-refractivity contribution is 0.102. The summed E-state index contributed by atoms with van der Waals surface area (Å²) in [6.45, 7) is 0. The van der Waals surface area contributed by atoms with Gasteiger partial charge >= 0.3 is 0 Å². The van der Waals surface area contributed by atoms with E-state index < -0.39 is 20.0 Å². The summed E-state index contributed by atoms with van der Waals surface area (Å²) in [5.41, 5.74) is 2.35. The molecule has 0 unspecified atom stereocenters. The fourth-order valence-electron chi connectivity index (χ4n) is 5.22. The van der Waals surface area contributed by atoms with Crippen LogP contribution in [-0.2, 0) is 20.0 Å². The Morgan fingerprint density at radius 2 is 0.900 bits per heavy atom. The maximum absolute atomic E-state index is 13.3. The lowest BCUT2D eigenvalue weighted by Crippen LogP contribution is -2.15. The van der Waals surface area contributed by atoms with Crippen LogP contribution in [0.5, 0.6) is 0 Å². The van der Waals surface area contributed by atoms with Gasteiger partial charge in [-0.1, -0.05) is 24.3 Å². The van der Waals surface area contributed by atoms with Crippen LogP contribution >= 0.6 is 0 Å². The molecule has 5 aromatic carbocycles. The van der Waals surface area contributed by atoms with Gasteiger partial charge in [0.15, 0.2) is 0 Å². The summed E-state index contributed by atoms with van der Waals surface area (Å²) < 4.78 is 58.2. The van der Waals surface area contributed by atoms with Crippen molar-refractivity contribution < 1.29 is 26.4 Å². The van der Waals surface area contributed by atoms with E-state index in [0.29, 0.717) is 44.0 Å². The van der Waals surface area contributed by atoms with E-state index in [1.807, 2.05) is 0 Å². The van der Waals surface area contributed by atoms with Gasteiger partial charge in [-0.05, 0) is 60.7 Å². The summed E-state index contributed by atoms with van der Waals surface area (Å²) >= 11 is 0. The topological polar surface area (TPSA) is 151 Å². The molecule has 7 rings (SSSR count). The van der Waals surface area contributed by atoms with Crippen molar-refractivity contribution in [1.29, 1.82) is 0 Å². The Labute approximate surface area is 228 Å². The minimum atomic E-state index is -4.05. The van der Waals surface area contributed by atoms with Gasteiger partial charge in [0.05, 0.1) is 9.79 Å². The van der Waals surface area contributed by atoms with Crippen LogP contribution in [0.3, 0.4) is 0 Å². The fraction of sp³-hybridized carbons (Fsp3) is 0. The normalized spacial score (nSPS) is 13.9. The third-order valence-corrected chi connectivity index (χ3v) is 9.83. The van der Waals surface area contributed by atoms with Gasteiger partial charge in [0, 0.05) is 55.4 Å². The van der Waals surface area contributed by atoms with Gasteiger partial charge in [0.25, 0.3) is 31.9 Å². The van der Waals surface area contributed by atoms with E-state index >= 15 is 0 Å². The van der Waals surface area contributed by atoms with E-state index in [2.05, 4.69) is 20.1 Å². The number of amides is 2. The van der Waals surface area contributed by atoms with Crippen LogP contribution in [0.2, 0.25) is 0 Å². The van der Waals surface area contributed by atoms with Gasteiger partial charge in [-0.25, -0.2) is 16.8 Å². The second-order valence-electron chi connectivity index (χ2n) is 9.38. The molecule has 2 amide bonds. The molecule has 0 spiro atoms. The van der Waals surface area contributed by atoms with Gasteiger partial charge in [0.1, 0.15) is 0 Å². The molecule has 0 aromatic heterocycles. The van der Waals surface area contributed by atoms with Crippen molar-refractivity contribution >= 4 is 76.2 Å². The van der Waals surface area contributed by atoms with Crippen molar-refractivity contribution in [2.24, 2.45) is 0 Å². The van der Waals surface area contributed by atoms with E-state index in [-0.39, 0.29) is 33.0 Å². The predicted molar refractivity (Wildman–Crippen MR) is 152 cm³/mol. The SMILES string of the molecule is O=C1Nc2ccc(S(=O)(=O)Nc3ccc(NS(=O)(=O)c4ccc5c6c(cccc46)C(=O)N5)cc3)c3cccc1c23. The summed E-state index contributed by atoms with van der Waals surface area (Å²) in [5.74, 6) is -0.577. The summed E-state index contributed by atoms with van der Waals surface area (Å²) in [6.07, 6.45) is 0. The fourth-order valence-corrected chi connectivity index (χ4v) is 7.75. The molecule has 0 bridgehead atoms. The van der Waals surface area contributed by atoms with Crippen molar-refractivity contribution in [3.05, 3.63) is 96.1 Å². The first-order chi connectivity index (χ1) is 19.1. The summed E-state index contributed by atoms with van der Waals surface area (Å²) in [6, 6.07) is 21.5. The quantitative estimate of drug-likeness (QED) is 0.232. The summed E-state index contributed by atoms with van der Waals surface area (Å²) in [5, 5.41) is 7.36. The first-order valence-corrected chi connectivity index (χ1v) is 15.0. The smallest absolute Gasteiger partial charge is 0.262 e. The Balaban J connectivity index is 1.17. The van der Waals surface area contributed by atoms with Crippen LogP contribution in [0.25, 0.3) is 21.5 Å². The highest BCUT2D eigenvalue weighted by molar-refractivity contribution is 7.93. The van der Waals surface area contributed by atoms with Crippen LogP contribution in [-0.4, -0.2) is 28.6 Å². The number of hydrogen-bond donors (Lipinski definition) is 4. The highest BCUT2D eigenvalue weighted by Crippen LogP contribution is 2.38. The third kappa shape index (κ3) is 3.61. The second kappa shape index (κ2) is 8.28. The van der Waals surface area contributed by atoms with Gasteiger partial charge in [-0.15, -0.1) is 0 Å². The number of sulfonamides is 2. The lowest BCUT2D eigenvalue weighted by atomic mass is 10.1. The standard InChI is InChI=1S/C28H18N4O6S2/c33-27-19-5-1-3-17-23(13-11-21(29-27)25(17)19)39(35,36)31-15-7-9-16(10-8-15)32-40(37,38)24-14-12-22-26-18(24)4-2-6-20(26)28(34)30-22/h1-14,31-32H,(H,29,33)(H,30,34). The molecule has 0 fully saturated rings. The highest BCUT2D eigenvalue weighted by Gasteiger charge is 2.28. The van der Waals surface area contributed by atoms with E-state index in [1.54, 1.807) is 48.5 Å². The molecular weight excluding hydrogens is 552 g/mol. The average Bonchev–Trinajstić information content (AvgIpc) is 3.43. The van der Waals surface area contributed by atoms with Crippen LogP contribution in [0.15, 0.2) is 94.7 Å². The predicted octanol–water partition coefficient (Wildman–Crippen LogP) is 4.73. The highest BCUT2D eigenvalue weighted by atomic mass is 32.2. The number of hydrogen-bond acceptors (Lipinski definition) is 6. The number of rotatable bonds is 6. The molecule has 0 saturated carbocycles. The van der Waals surface area contributed by atoms with Gasteiger partial charge in [-0.3, -0.25) is 19.0 Å². The second-order valence-corrected chi connectivity index (χ2v) is 12.7. The Bertz CT molecular complexity index is 2020. The van der Waals surface area contributed by atoms with E-state index in [0.717, 1.165) is 0 Å². The Kier molecular flexibility index (Phi) is 4.99. The van der Waals surface area contributed by atoms with Crippen molar-refractivity contribution in [1.82, 2.24) is 0 Å². The van der Waals surface area contributed by atoms with Crippen LogP contribution in [0.1, 0.15) is 20.7 Å². The molecular formula is C28H18N4O6S2. The number of benzene rings is 5. The zero-order valence-electron chi connectivity index (χ0n) is 20.3. The monoisotopic (exact) mass is 570 g/mol. The largest absolute Gasteiger partial charge is 0.321 e. The molecule has 2 aliphatic heterocycles. The van der Waals surface area contributed by atoms with Gasteiger partial charge < -0.3 is 10.6 Å². The molecule has 198 valence electrons. The molecule has 0 radical (unpaired) electrons. The molecule has 2 aliphatic rings. The number of nitrogens with one attached hydrogen (secondary N) is 4. The number of carbonyl (C=O) groups excluding carboxylic acids is 2. The summed E-state index contributed by atoms with van der Waals surface area (Å²) in [4.78, 5) is 24.4. The zero-order valence-corrected chi connectivity index (χ0v) is 22.0. The van der Waals surface area contributed by atoms with E-state index in [1.165, 1.54) is 36.4 Å². The molecule has 12 heteroatoms. The molecule has 0 atom stereocenters. The van der Waals surface area contributed by atoms with Crippen LogP contribution in [0, 0.1) is 0 Å². The Hall–Kier alpha value is -4.94. The van der Waals surface area contributed by atoms with Crippen molar-refractivity contribution in [2.45, 2.75) is 9.79 Å². The minimum Gasteiger partial charge on any atom is -0.321 e. The molecule has 5 aromatic rings. The minimum absolute atomic E-state index is 0.00871. The first-order valence-electron chi connectivity index (χ1n) is 12.0. The molecule has 2 heterocycles. The van der Waals surface area contributed by atoms with E-state index in [9.17, 15) is 26.4 Å². The third-order valence-electron chi connectivity index (χ3n) is 6.96. The number of anilines is 4. The maximum Gasteiger partial charge on any atom is 0.262 e. The lowest BCUT2D eigenvalue weighted by Gasteiger charge is -2.13. The summed E-state index contributed by atoms with van der Waals surface area (Å²) in [7, 11) is -8.09. The average molecular weight is 571 g/mol. The molecule has 10 nitrogen and oxygen atoms in total. The molecule has 0 saturated heterocycles. The van der Waals surface area contributed by atoms with E-state index in [4.69, 9.17) is 0 Å². The Morgan fingerprint density at radius 1 is 0.500 bits per heavy atom. The Morgan fingerprint density at radius 3 is 1.30 bits per heavy atom. The van der Waals surface area contributed by atoms with Crippen LogP contribution < -0.4 is 20.1 Å². The van der Waals surface area contributed by atoms with Gasteiger partial charge in [-0.2, -0.15) is 0 Å². The molecule has 4 N–H and O–H groups in total. The zero-order chi connectivity index (χ0) is 27.8. The van der Waals surface area contributed by atoms with Gasteiger partial charge in [0.2, 0.25) is 0 Å². The maximum atomic E-state index is 13.3. The van der Waals surface area contributed by atoms with Crippen LogP contribution in [0.4, 0.5) is 22.7 Å². The number of carbonyl (C=O) groups is 2. The van der Waals surface area contributed by atoms with Crippen molar-refractivity contribution in [2.75, 3.05) is 20.1 Å².